The number of fused-ring (bicyclic) bond motifs is 3. The van der Waals surface area contributed by atoms with Crippen molar-refractivity contribution in [3.8, 4) is 17.2 Å². The maximum Gasteiger partial charge on any atom is 0.250 e. The number of ether oxygens (including phenoxy) is 3. The van der Waals surface area contributed by atoms with Crippen LogP contribution in [0, 0.1) is 20.8 Å². The number of hydrogen-bond donors (Lipinski definition) is 9. The van der Waals surface area contributed by atoms with E-state index in [2.05, 4.69) is 46.9 Å². The Morgan fingerprint density at radius 3 is 0.845 bits per heavy atom. The lowest BCUT2D eigenvalue weighted by Crippen LogP contribution is -2.58. The Labute approximate surface area is 562 Å². The quantitative estimate of drug-likeness (QED) is 0.0224. The summed E-state index contributed by atoms with van der Waals surface area (Å²) in [6, 6.07) is 35.9. The lowest BCUT2D eigenvalue weighted by Gasteiger charge is -2.29. The van der Waals surface area contributed by atoms with Crippen LogP contribution in [-0.2, 0) is 77.5 Å². The van der Waals surface area contributed by atoms with E-state index < -0.39 is 105 Å². The number of aromatic amines is 3. The number of sulfone groups is 3. The van der Waals surface area contributed by atoms with E-state index in [-0.39, 0.29) is 36.3 Å². The minimum Gasteiger partial charge on any atom is -0.497 e. The van der Waals surface area contributed by atoms with Crippen LogP contribution in [0.15, 0.2) is 127 Å². The van der Waals surface area contributed by atoms with Gasteiger partial charge in [-0.25, -0.2) is 25.3 Å². The van der Waals surface area contributed by atoms with Crippen LogP contribution in [0.2, 0.25) is 0 Å². The average molecular weight is 1380 g/mol. The summed E-state index contributed by atoms with van der Waals surface area (Å²) in [4.78, 5) is 94.4. The number of rotatable bonds is 27. The Balaban J connectivity index is 0.990. The standard InChI is InChI=1S/C70H79N9O15S3/c1-40-52(55-31-49(92-7)25-28-58(55)71-40)34-61(80)77-68(4,37-95(10,86)87)65(83)74-46-19-13-43(14-20-46)64(44-15-21-47(22-16-44)75-66(84)69(5,38-96(11,88)89)78-62(81)35-53-41(2)72-59-29-26-50(93-8)32-56(53)59)45-17-23-48(24-18-45)76-67(85)70(6,39-97(12,90)91)79-63(82)36-54-42(3)73-60-30-27-51(94-9)33-57(54)60/h13-33,64,71-73H,34-39H2,1-12H3,(H,74,83)(H,75,84)(H,76,85)(H,77,80)(H,78,81)(H,79,82)/t68-,69-,70-/m1/s1. The van der Waals surface area contributed by atoms with Crippen molar-refractivity contribution in [1.29, 1.82) is 0 Å². The van der Waals surface area contributed by atoms with Gasteiger partial charge in [-0.15, -0.1) is 0 Å². The lowest BCUT2D eigenvalue weighted by molar-refractivity contribution is -0.128. The fraction of sp³-hybridized carbons (Fsp3) is 0.314. The summed E-state index contributed by atoms with van der Waals surface area (Å²) >= 11 is 0. The molecule has 0 aliphatic heterocycles. The molecule has 0 radical (unpaired) electrons. The largest absolute Gasteiger partial charge is 0.497 e. The van der Waals surface area contributed by atoms with Crippen molar-refractivity contribution in [2.45, 2.75) is 83.3 Å². The Kier molecular flexibility index (Phi) is 20.6. The molecule has 0 fully saturated rings. The molecule has 9 rings (SSSR count). The second-order valence-electron chi connectivity index (χ2n) is 25.5. The summed E-state index contributed by atoms with van der Waals surface area (Å²) in [5.74, 6) is -5.51. The monoisotopic (exact) mass is 1380 g/mol. The summed E-state index contributed by atoms with van der Waals surface area (Å²) in [6.07, 6.45) is 2.29. The fourth-order valence-corrected chi connectivity index (χ4v) is 16.2. The van der Waals surface area contributed by atoms with Crippen LogP contribution in [-0.4, -0.2) is 150 Å². The minimum atomic E-state index is -3.89. The van der Waals surface area contributed by atoms with Crippen molar-refractivity contribution in [3.05, 3.63) is 178 Å². The molecule has 3 heterocycles. The van der Waals surface area contributed by atoms with Crippen LogP contribution in [0.4, 0.5) is 17.1 Å². The molecule has 6 aromatic carbocycles. The zero-order valence-corrected chi connectivity index (χ0v) is 58.2. The van der Waals surface area contributed by atoms with Crippen LogP contribution in [0.3, 0.4) is 0 Å². The third kappa shape index (κ3) is 17.2. The van der Waals surface area contributed by atoms with Gasteiger partial charge in [0, 0.05) is 91.5 Å². The summed E-state index contributed by atoms with van der Waals surface area (Å²) in [5, 5.41) is 18.6. The fourth-order valence-electron chi connectivity index (χ4n) is 12.4. The van der Waals surface area contributed by atoms with E-state index in [4.69, 9.17) is 14.2 Å². The number of amides is 6. The molecule has 0 aliphatic rings. The Bertz CT molecular complexity index is 4420. The first-order chi connectivity index (χ1) is 45.5. The first-order valence-electron chi connectivity index (χ1n) is 30.6. The molecule has 0 spiro atoms. The Morgan fingerprint density at radius 1 is 0.392 bits per heavy atom. The van der Waals surface area contributed by atoms with Gasteiger partial charge in [0.15, 0.2) is 0 Å². The van der Waals surface area contributed by atoms with E-state index in [0.717, 1.165) is 51.5 Å². The highest BCUT2D eigenvalue weighted by atomic mass is 32.2. The van der Waals surface area contributed by atoms with Gasteiger partial charge in [0.25, 0.3) is 17.7 Å². The molecule has 9 aromatic rings. The number of carbonyl (C=O) groups is 6. The van der Waals surface area contributed by atoms with Gasteiger partial charge in [0.05, 0.1) is 57.9 Å². The van der Waals surface area contributed by atoms with E-state index >= 15 is 0 Å². The summed E-state index contributed by atoms with van der Waals surface area (Å²) in [6.45, 7) is 9.38. The lowest BCUT2D eigenvalue weighted by atomic mass is 9.85. The molecule has 97 heavy (non-hydrogen) atoms. The Morgan fingerprint density at radius 2 is 0.629 bits per heavy atom. The molecule has 0 saturated carbocycles. The molecule has 3 aromatic heterocycles. The number of methoxy groups -OCH3 is 3. The summed E-state index contributed by atoms with van der Waals surface area (Å²) in [7, 11) is -7.11. The van der Waals surface area contributed by atoms with Gasteiger partial charge in [-0.05, 0) is 166 Å². The van der Waals surface area contributed by atoms with Crippen LogP contribution in [0.25, 0.3) is 32.7 Å². The van der Waals surface area contributed by atoms with Gasteiger partial charge in [-0.2, -0.15) is 0 Å². The zero-order chi connectivity index (χ0) is 70.7. The van der Waals surface area contributed by atoms with E-state index in [1.165, 1.54) is 42.1 Å². The summed E-state index contributed by atoms with van der Waals surface area (Å²) in [5.41, 5.74) is 2.95. The number of anilines is 3. The summed E-state index contributed by atoms with van der Waals surface area (Å²) < 4.78 is 93.9. The van der Waals surface area contributed by atoms with Crippen LogP contribution in [0.5, 0.6) is 17.2 Å². The van der Waals surface area contributed by atoms with Gasteiger partial charge in [-0.3, -0.25) is 28.8 Å². The minimum absolute atomic E-state index is 0.197. The molecule has 27 heteroatoms. The van der Waals surface area contributed by atoms with E-state index in [0.29, 0.717) is 67.7 Å². The maximum absolute atomic E-state index is 14.4. The average Bonchev–Trinajstić information content (AvgIpc) is 1.80. The molecular weight excluding hydrogens is 1300 g/mol. The normalized spacial score (nSPS) is 13.8. The van der Waals surface area contributed by atoms with E-state index in [1.807, 2.05) is 18.2 Å². The number of H-pyrrole nitrogens is 3. The van der Waals surface area contributed by atoms with E-state index in [1.54, 1.807) is 130 Å². The third-order valence-electron chi connectivity index (χ3n) is 16.9. The molecule has 6 amide bonds. The second kappa shape index (κ2) is 28.0. The van der Waals surface area contributed by atoms with Crippen molar-refractivity contribution in [2.24, 2.45) is 0 Å². The third-order valence-corrected chi connectivity index (χ3v) is 20.2. The van der Waals surface area contributed by atoms with Gasteiger partial charge in [-0.1, -0.05) is 36.4 Å². The number of aryl methyl sites for hydroxylation is 3. The maximum atomic E-state index is 14.4. The highest BCUT2D eigenvalue weighted by Gasteiger charge is 2.42. The smallest absolute Gasteiger partial charge is 0.250 e. The molecule has 0 unspecified atom stereocenters. The molecule has 512 valence electrons. The van der Waals surface area contributed by atoms with Crippen LogP contribution < -0.4 is 46.1 Å². The highest BCUT2D eigenvalue weighted by molar-refractivity contribution is 7.91. The van der Waals surface area contributed by atoms with Crippen molar-refractivity contribution >= 4 is 115 Å². The van der Waals surface area contributed by atoms with Crippen LogP contribution in [0.1, 0.15) is 77.2 Å². The SMILES string of the molecule is COc1ccc2[nH]c(C)c(CC(=O)N[C@](C)(CS(C)(=O)=O)C(=O)Nc3ccc(C(c4ccc(NC(=O)[C@@](C)(CS(C)(=O)=O)NC(=O)Cc5c(C)[nH]c6ccc(OC)cc56)cc4)c4ccc(NC(=O)[C@@](C)(CS(C)(=O)=O)NC(=O)Cc5c(C)[nH]c6ccc(OC)cc56)cc4)cc3)c2c1. The van der Waals surface area contributed by atoms with Gasteiger partial charge >= 0.3 is 0 Å². The first-order valence-corrected chi connectivity index (χ1v) is 36.8. The number of nitrogens with one attached hydrogen (secondary N) is 9. The van der Waals surface area contributed by atoms with Gasteiger partial charge < -0.3 is 61.1 Å². The predicted octanol–water partition coefficient (Wildman–Crippen LogP) is 7.56. The molecule has 0 bridgehead atoms. The molecule has 3 atom stereocenters. The Hall–Kier alpha value is -9.99. The molecule has 24 nitrogen and oxygen atoms in total. The predicted molar refractivity (Wildman–Crippen MR) is 375 cm³/mol. The molecule has 0 aliphatic carbocycles. The van der Waals surface area contributed by atoms with Gasteiger partial charge in [0.2, 0.25) is 17.7 Å². The van der Waals surface area contributed by atoms with Gasteiger partial charge in [0.1, 0.15) is 63.4 Å². The number of aromatic nitrogens is 3. The molecule has 9 N–H and O–H groups in total. The zero-order valence-electron chi connectivity index (χ0n) is 55.8. The number of benzene rings is 6. The number of carbonyl (C=O) groups excluding carboxylic acids is 6. The molecular formula is C70H79N9O15S3. The van der Waals surface area contributed by atoms with Crippen molar-refractivity contribution in [2.75, 3.05) is 73.3 Å². The van der Waals surface area contributed by atoms with Crippen molar-refractivity contribution in [1.82, 2.24) is 30.9 Å². The topological polar surface area (TPSA) is 352 Å². The van der Waals surface area contributed by atoms with Crippen molar-refractivity contribution in [3.63, 3.8) is 0 Å². The van der Waals surface area contributed by atoms with Crippen molar-refractivity contribution < 1.29 is 68.2 Å². The van der Waals surface area contributed by atoms with E-state index in [9.17, 15) is 54.0 Å². The first kappa shape index (κ1) is 71.3. The highest BCUT2D eigenvalue weighted by Crippen LogP contribution is 2.36. The number of hydrogen-bond acceptors (Lipinski definition) is 15. The second-order valence-corrected chi connectivity index (χ2v) is 31.9. The van der Waals surface area contributed by atoms with Crippen LogP contribution >= 0.6 is 0 Å². The molecule has 0 saturated heterocycles.